The van der Waals surface area contributed by atoms with Crippen LogP contribution in [0.2, 0.25) is 0 Å². The lowest BCUT2D eigenvalue weighted by Gasteiger charge is -2.45. The number of benzene rings is 1. The number of amides is 1. The Morgan fingerprint density at radius 3 is 2.68 bits per heavy atom. The smallest absolute Gasteiger partial charge is 0.411 e. The van der Waals surface area contributed by atoms with Gasteiger partial charge in [-0.05, 0) is 65.0 Å². The highest BCUT2D eigenvalue weighted by molar-refractivity contribution is 5.76. The molecule has 0 spiro atoms. The standard InChI is InChI=1S/C21H29NO3/c1-5-24-19-12-7-6-11-18(19)15-13-16-9-8-10-17(14-15)22(16)20(23)25-21(2,3)4/h6-7,11-13,16-17H,5,8-10,14H2,1-4H3. The van der Waals surface area contributed by atoms with Gasteiger partial charge in [-0.25, -0.2) is 4.79 Å². The third-order valence-electron chi connectivity index (χ3n) is 4.77. The van der Waals surface area contributed by atoms with Crippen LogP contribution in [0.4, 0.5) is 4.79 Å². The van der Waals surface area contributed by atoms with Gasteiger partial charge in [0.15, 0.2) is 0 Å². The molecule has 2 heterocycles. The van der Waals surface area contributed by atoms with Gasteiger partial charge in [-0.15, -0.1) is 0 Å². The van der Waals surface area contributed by atoms with Crippen LogP contribution in [0.25, 0.3) is 5.57 Å². The molecule has 2 bridgehead atoms. The largest absolute Gasteiger partial charge is 0.493 e. The highest BCUT2D eigenvalue weighted by atomic mass is 16.6. The van der Waals surface area contributed by atoms with Crippen LogP contribution in [-0.4, -0.2) is 35.3 Å². The molecule has 0 aliphatic carbocycles. The first-order chi connectivity index (χ1) is 11.9. The monoisotopic (exact) mass is 343 g/mol. The van der Waals surface area contributed by atoms with Gasteiger partial charge in [-0.2, -0.15) is 0 Å². The van der Waals surface area contributed by atoms with Crippen molar-refractivity contribution in [3.8, 4) is 5.75 Å². The molecule has 2 aliphatic rings. The predicted octanol–water partition coefficient (Wildman–Crippen LogP) is 5.03. The van der Waals surface area contributed by atoms with E-state index in [2.05, 4.69) is 18.2 Å². The first-order valence-corrected chi connectivity index (χ1v) is 9.33. The zero-order valence-electron chi connectivity index (χ0n) is 15.7. The van der Waals surface area contributed by atoms with Gasteiger partial charge in [-0.3, -0.25) is 4.90 Å². The molecule has 1 saturated heterocycles. The van der Waals surface area contributed by atoms with Crippen LogP contribution in [0, 0.1) is 0 Å². The van der Waals surface area contributed by atoms with Gasteiger partial charge in [-0.1, -0.05) is 24.3 Å². The van der Waals surface area contributed by atoms with Crippen LogP contribution in [0.15, 0.2) is 30.3 Å². The number of piperidine rings is 1. The molecule has 2 atom stereocenters. The minimum Gasteiger partial charge on any atom is -0.493 e. The number of fused-ring (bicyclic) bond motifs is 2. The zero-order chi connectivity index (χ0) is 18.0. The Kier molecular flexibility index (Phi) is 5.07. The van der Waals surface area contributed by atoms with E-state index in [0.29, 0.717) is 6.61 Å². The molecule has 1 aromatic rings. The molecule has 0 aromatic heterocycles. The molecule has 1 fully saturated rings. The summed E-state index contributed by atoms with van der Waals surface area (Å²) in [4.78, 5) is 14.6. The maximum atomic E-state index is 12.7. The predicted molar refractivity (Wildman–Crippen MR) is 99.7 cm³/mol. The molecule has 4 heteroatoms. The Balaban J connectivity index is 1.88. The van der Waals surface area contributed by atoms with Crippen molar-refractivity contribution in [2.45, 2.75) is 71.1 Å². The Morgan fingerprint density at radius 2 is 2.00 bits per heavy atom. The average molecular weight is 343 g/mol. The van der Waals surface area contributed by atoms with Crippen molar-refractivity contribution in [1.82, 2.24) is 4.90 Å². The zero-order valence-corrected chi connectivity index (χ0v) is 15.7. The van der Waals surface area contributed by atoms with Crippen molar-refractivity contribution in [2.24, 2.45) is 0 Å². The van der Waals surface area contributed by atoms with Gasteiger partial charge in [0.1, 0.15) is 11.4 Å². The van der Waals surface area contributed by atoms with Crippen LogP contribution in [0.5, 0.6) is 5.75 Å². The van der Waals surface area contributed by atoms with E-state index in [-0.39, 0.29) is 18.2 Å². The van der Waals surface area contributed by atoms with E-state index in [4.69, 9.17) is 9.47 Å². The average Bonchev–Trinajstić information content (AvgIpc) is 2.53. The SMILES string of the molecule is CCOc1ccccc1C1=CC2CCCC(C1)N2C(=O)OC(C)(C)C. The van der Waals surface area contributed by atoms with E-state index in [1.54, 1.807) is 0 Å². The molecule has 0 saturated carbocycles. The van der Waals surface area contributed by atoms with E-state index >= 15 is 0 Å². The minimum absolute atomic E-state index is 0.118. The van der Waals surface area contributed by atoms with Crippen LogP contribution in [-0.2, 0) is 4.74 Å². The summed E-state index contributed by atoms with van der Waals surface area (Å²) < 4.78 is 11.5. The highest BCUT2D eigenvalue weighted by Crippen LogP contribution is 2.40. The fourth-order valence-electron chi connectivity index (χ4n) is 3.84. The van der Waals surface area contributed by atoms with Gasteiger partial charge in [0, 0.05) is 11.6 Å². The first-order valence-electron chi connectivity index (χ1n) is 9.33. The molecular formula is C21H29NO3. The summed E-state index contributed by atoms with van der Waals surface area (Å²) in [6.45, 7) is 8.42. The maximum Gasteiger partial charge on any atom is 0.411 e. The fraction of sp³-hybridized carbons (Fsp3) is 0.571. The number of hydrogen-bond acceptors (Lipinski definition) is 3. The number of para-hydroxylation sites is 1. The van der Waals surface area contributed by atoms with E-state index in [1.165, 1.54) is 5.57 Å². The second-order valence-electron chi connectivity index (χ2n) is 7.86. The molecule has 0 N–H and O–H groups in total. The van der Waals surface area contributed by atoms with Crippen LogP contribution >= 0.6 is 0 Å². The van der Waals surface area contributed by atoms with Crippen molar-refractivity contribution in [1.29, 1.82) is 0 Å². The number of nitrogens with zero attached hydrogens (tertiary/aromatic N) is 1. The van der Waals surface area contributed by atoms with E-state index < -0.39 is 5.60 Å². The van der Waals surface area contributed by atoms with Gasteiger partial charge in [0.25, 0.3) is 0 Å². The lowest BCUT2D eigenvalue weighted by atomic mass is 9.83. The number of carbonyl (C=O) groups excluding carboxylic acids is 1. The van der Waals surface area contributed by atoms with Gasteiger partial charge < -0.3 is 9.47 Å². The molecule has 2 aliphatic heterocycles. The maximum absolute atomic E-state index is 12.7. The third kappa shape index (κ3) is 4.00. The topological polar surface area (TPSA) is 38.8 Å². The van der Waals surface area contributed by atoms with Crippen LogP contribution in [0.1, 0.15) is 58.9 Å². The van der Waals surface area contributed by atoms with E-state index in [9.17, 15) is 4.79 Å². The lowest BCUT2D eigenvalue weighted by Crippen LogP contribution is -2.53. The lowest BCUT2D eigenvalue weighted by molar-refractivity contribution is 0.0000822. The van der Waals surface area contributed by atoms with E-state index in [0.717, 1.165) is 37.0 Å². The molecule has 25 heavy (non-hydrogen) atoms. The molecule has 3 rings (SSSR count). The number of ether oxygens (including phenoxy) is 2. The number of hydrogen-bond donors (Lipinski definition) is 0. The summed E-state index contributed by atoms with van der Waals surface area (Å²) in [5, 5.41) is 0. The second kappa shape index (κ2) is 7.11. The number of carbonyl (C=O) groups is 1. The normalized spacial score (nSPS) is 23.0. The van der Waals surface area contributed by atoms with E-state index in [1.807, 2.05) is 44.7 Å². The molecular weight excluding hydrogens is 314 g/mol. The fourth-order valence-corrected chi connectivity index (χ4v) is 3.84. The molecule has 1 aromatic carbocycles. The molecule has 0 radical (unpaired) electrons. The van der Waals surface area contributed by atoms with Crippen molar-refractivity contribution in [3.63, 3.8) is 0 Å². The van der Waals surface area contributed by atoms with Crippen molar-refractivity contribution in [3.05, 3.63) is 35.9 Å². The quantitative estimate of drug-likeness (QED) is 0.772. The highest BCUT2D eigenvalue weighted by Gasteiger charge is 2.39. The molecule has 1 amide bonds. The summed E-state index contributed by atoms with van der Waals surface area (Å²) in [5.41, 5.74) is 1.99. The summed E-state index contributed by atoms with van der Waals surface area (Å²) >= 11 is 0. The molecule has 4 nitrogen and oxygen atoms in total. The Bertz CT molecular complexity index is 659. The molecule has 2 unspecified atom stereocenters. The van der Waals surface area contributed by atoms with Gasteiger partial charge in [0.2, 0.25) is 0 Å². The number of rotatable bonds is 3. The van der Waals surface area contributed by atoms with Gasteiger partial charge >= 0.3 is 6.09 Å². The van der Waals surface area contributed by atoms with Crippen molar-refractivity contribution < 1.29 is 14.3 Å². The summed E-state index contributed by atoms with van der Waals surface area (Å²) in [6.07, 6.45) is 6.11. The Labute approximate surface area is 150 Å². The summed E-state index contributed by atoms with van der Waals surface area (Å²) in [6, 6.07) is 8.53. The Hall–Kier alpha value is -1.97. The third-order valence-corrected chi connectivity index (χ3v) is 4.77. The second-order valence-corrected chi connectivity index (χ2v) is 7.86. The summed E-state index contributed by atoms with van der Waals surface area (Å²) in [7, 11) is 0. The first kappa shape index (κ1) is 17.8. The van der Waals surface area contributed by atoms with Crippen LogP contribution in [0.3, 0.4) is 0 Å². The Morgan fingerprint density at radius 1 is 1.24 bits per heavy atom. The van der Waals surface area contributed by atoms with Gasteiger partial charge in [0.05, 0.1) is 12.6 Å². The molecule has 136 valence electrons. The summed E-state index contributed by atoms with van der Waals surface area (Å²) in [5.74, 6) is 0.931. The van der Waals surface area contributed by atoms with Crippen molar-refractivity contribution >= 4 is 11.7 Å². The minimum atomic E-state index is -0.461. The van der Waals surface area contributed by atoms with Crippen molar-refractivity contribution in [2.75, 3.05) is 6.61 Å². The van der Waals surface area contributed by atoms with Crippen LogP contribution < -0.4 is 4.74 Å².